The number of ether oxygens (including phenoxy) is 8. The van der Waals surface area contributed by atoms with Gasteiger partial charge in [-0.1, -0.05) is 48.6 Å². The highest BCUT2D eigenvalue weighted by Crippen LogP contribution is 2.38. The summed E-state index contributed by atoms with van der Waals surface area (Å²) in [6.45, 7) is 9.48. The molecule has 0 amide bonds. The lowest BCUT2D eigenvalue weighted by Gasteiger charge is -2.17. The molecule has 1 aromatic heterocycles. The van der Waals surface area contributed by atoms with E-state index in [1.165, 1.54) is 0 Å². The van der Waals surface area contributed by atoms with Crippen LogP contribution in [0.5, 0.6) is 17.2 Å². The fourth-order valence-electron chi connectivity index (χ4n) is 6.31. The Morgan fingerprint density at radius 2 is 1.10 bits per heavy atom. The highest BCUT2D eigenvalue weighted by atomic mass is 19.2. The Kier molecular flexibility index (Phi) is 19.5. The van der Waals surface area contributed by atoms with Crippen LogP contribution in [0, 0.1) is 6.92 Å². The Balaban J connectivity index is 1.28. The average Bonchev–Trinajstić information content (AvgIpc) is 3.80. The number of aliphatic imine (C=N–C) groups is 1. The number of allylic oxidation sites excluding steroid dienone is 3. The van der Waals surface area contributed by atoms with Gasteiger partial charge in [-0.05, 0) is 102 Å². The van der Waals surface area contributed by atoms with Crippen molar-refractivity contribution in [3.05, 3.63) is 136 Å². The lowest BCUT2D eigenvalue weighted by atomic mass is 9.94. The third-order valence-electron chi connectivity index (χ3n) is 9.31. The molecule has 4 aromatic rings. The van der Waals surface area contributed by atoms with Gasteiger partial charge in [0.15, 0.2) is 0 Å². The molecule has 0 saturated heterocycles. The van der Waals surface area contributed by atoms with Gasteiger partial charge in [0, 0.05) is 31.2 Å². The number of aryl methyl sites for hydroxylation is 1. The van der Waals surface area contributed by atoms with Gasteiger partial charge in [-0.25, -0.2) is 4.99 Å². The Bertz CT molecular complexity index is 2100. The van der Waals surface area contributed by atoms with Crippen LogP contribution in [-0.4, -0.2) is 116 Å². The molecule has 0 radical (unpaired) electrons. The van der Waals surface area contributed by atoms with Crippen LogP contribution in [0.4, 0.5) is 8.63 Å². The number of nitrogens with zero attached hydrogens (tertiary/aromatic N) is 2. The quantitative estimate of drug-likeness (QED) is 0.0468. The molecule has 0 fully saturated rings. The van der Waals surface area contributed by atoms with Gasteiger partial charge in [0.25, 0.3) is 0 Å². The smallest absolute Gasteiger partial charge is 0.508 e. The molecule has 1 N–H and O–H groups in total. The maximum atomic E-state index is 15.2. The summed E-state index contributed by atoms with van der Waals surface area (Å²) in [6, 6.07) is 23.3. The number of benzene rings is 3. The normalized spacial score (nSPS) is 13.6. The van der Waals surface area contributed by atoms with Crippen molar-refractivity contribution >= 4 is 36.9 Å². The summed E-state index contributed by atoms with van der Waals surface area (Å²) in [7, 11) is 0.404. The number of phenols is 1. The van der Waals surface area contributed by atoms with Crippen molar-refractivity contribution in [2.24, 2.45) is 4.99 Å². The Hall–Kier alpha value is -5.35. The molecule has 61 heavy (non-hydrogen) atoms. The van der Waals surface area contributed by atoms with Crippen LogP contribution in [-0.2, 0) is 28.4 Å². The topological polar surface area (TPSA) is 111 Å². The van der Waals surface area contributed by atoms with E-state index < -0.39 is 7.40 Å². The molecule has 0 unspecified atom stereocenters. The van der Waals surface area contributed by atoms with E-state index in [9.17, 15) is 5.11 Å². The third-order valence-corrected chi connectivity index (χ3v) is 9.31. The monoisotopic (exact) mass is 840 g/mol. The molecule has 14 heteroatoms. The SMILES string of the molecule is COCCOCCOCCOc1ccc(/C=C/C2=NC(=C(/c3ccc(O)cc3)c3c(C)cc(/C=C/c4ccc(OCCOCCOCCOC)cc4)n3B(F)F)/C(C)=C2)cc1. The first-order valence-corrected chi connectivity index (χ1v) is 20.2. The number of hydrogen-bond acceptors (Lipinski definition) is 10. The fraction of sp³-hybridized carbons (Fsp3) is 0.340. The van der Waals surface area contributed by atoms with Crippen LogP contribution in [0.1, 0.15) is 40.6 Å². The van der Waals surface area contributed by atoms with Crippen LogP contribution >= 0.6 is 0 Å². The number of rotatable bonds is 27. The Morgan fingerprint density at radius 3 is 1.59 bits per heavy atom. The second-order valence-corrected chi connectivity index (χ2v) is 13.8. The summed E-state index contributed by atoms with van der Waals surface area (Å²) >= 11 is 0. The molecule has 0 atom stereocenters. The summed E-state index contributed by atoms with van der Waals surface area (Å²) in [4.78, 5) is 4.96. The molecule has 1 aliphatic rings. The van der Waals surface area contributed by atoms with Crippen LogP contribution in [0.3, 0.4) is 0 Å². The van der Waals surface area contributed by atoms with E-state index in [0.717, 1.165) is 26.9 Å². The standard InChI is InChI=1S/C47H55BF2N2O9/c1-35-33-40(13-5-37-7-17-43(18-8-37)60-31-29-58-27-25-56-23-21-54-3)51-46(35)45(39-11-15-42(53)16-12-39)47-36(2)34-41(52(47)48(49)50)14-6-38-9-19-44(20-10-38)61-32-30-59-28-26-57-24-22-55-4/h5-20,33-34,53H,21-32H2,1-4H3/b13-5+,14-6+,46-45-. The number of halogens is 2. The maximum absolute atomic E-state index is 15.2. The van der Waals surface area contributed by atoms with Gasteiger partial charge in [-0.3, -0.25) is 8.63 Å². The maximum Gasteiger partial charge on any atom is 0.678 e. The second-order valence-electron chi connectivity index (χ2n) is 13.8. The molecular formula is C47H55BF2N2O9. The molecule has 324 valence electrons. The number of phenolic OH excluding ortho intramolecular Hbond substituents is 1. The first-order chi connectivity index (χ1) is 29.8. The van der Waals surface area contributed by atoms with Crippen LogP contribution in [0.2, 0.25) is 0 Å². The molecular weight excluding hydrogens is 785 g/mol. The summed E-state index contributed by atoms with van der Waals surface area (Å²) < 4.78 is 74.7. The first-order valence-electron chi connectivity index (χ1n) is 20.2. The van der Waals surface area contributed by atoms with Crippen molar-refractivity contribution in [3.8, 4) is 17.2 Å². The van der Waals surface area contributed by atoms with Crippen LogP contribution in [0.15, 0.2) is 107 Å². The highest BCUT2D eigenvalue weighted by Gasteiger charge is 2.30. The van der Waals surface area contributed by atoms with Crippen molar-refractivity contribution < 1.29 is 51.6 Å². The summed E-state index contributed by atoms with van der Waals surface area (Å²) in [5.74, 6) is 1.46. The van der Waals surface area contributed by atoms with Crippen molar-refractivity contribution in [3.63, 3.8) is 0 Å². The van der Waals surface area contributed by atoms with Crippen molar-refractivity contribution in [1.29, 1.82) is 0 Å². The average molecular weight is 841 g/mol. The lowest BCUT2D eigenvalue weighted by Crippen LogP contribution is -2.18. The molecule has 11 nitrogen and oxygen atoms in total. The number of methoxy groups -OCH3 is 2. The minimum atomic E-state index is -2.86. The zero-order valence-electron chi connectivity index (χ0n) is 35.3. The molecule has 1 aliphatic heterocycles. The van der Waals surface area contributed by atoms with Crippen LogP contribution < -0.4 is 9.47 Å². The minimum absolute atomic E-state index is 0.0667. The number of aromatic nitrogens is 1. The third kappa shape index (κ3) is 15.0. The predicted octanol–water partition coefficient (Wildman–Crippen LogP) is 8.44. The molecule has 3 aromatic carbocycles. The molecule has 5 rings (SSSR count). The zero-order valence-corrected chi connectivity index (χ0v) is 35.3. The van der Waals surface area contributed by atoms with E-state index in [-0.39, 0.29) is 5.75 Å². The number of aromatic hydroxyl groups is 1. The van der Waals surface area contributed by atoms with Gasteiger partial charge >= 0.3 is 7.40 Å². The van der Waals surface area contributed by atoms with Gasteiger partial charge in [0.2, 0.25) is 0 Å². The summed E-state index contributed by atoms with van der Waals surface area (Å²) in [5.41, 5.74) is 6.28. The van der Waals surface area contributed by atoms with Gasteiger partial charge in [-0.15, -0.1) is 0 Å². The molecule has 2 heterocycles. The van der Waals surface area contributed by atoms with Crippen molar-refractivity contribution in [2.75, 3.05) is 93.5 Å². The number of hydrogen-bond donors (Lipinski definition) is 1. The fourth-order valence-corrected chi connectivity index (χ4v) is 6.31. The van der Waals surface area contributed by atoms with Gasteiger partial charge in [0.1, 0.15) is 30.5 Å². The largest absolute Gasteiger partial charge is 0.678 e. The second kappa shape index (κ2) is 25.4. The van der Waals surface area contributed by atoms with Crippen LogP contribution in [0.25, 0.3) is 23.8 Å². The Labute approximate surface area is 357 Å². The first kappa shape index (κ1) is 46.7. The minimum Gasteiger partial charge on any atom is -0.508 e. The molecule has 0 aliphatic carbocycles. The van der Waals surface area contributed by atoms with E-state index in [2.05, 4.69) is 0 Å². The van der Waals surface area contributed by atoms with Gasteiger partial charge < -0.3 is 47.5 Å². The molecule has 0 saturated carbocycles. The van der Waals surface area contributed by atoms with Gasteiger partial charge in [0.05, 0.1) is 77.5 Å². The van der Waals surface area contributed by atoms with E-state index in [0.29, 0.717) is 125 Å². The van der Waals surface area contributed by atoms with Gasteiger partial charge in [-0.2, -0.15) is 0 Å². The Morgan fingerprint density at radius 1 is 0.623 bits per heavy atom. The van der Waals surface area contributed by atoms with Crippen molar-refractivity contribution in [1.82, 2.24) is 4.48 Å². The van der Waals surface area contributed by atoms with E-state index in [1.54, 1.807) is 56.7 Å². The summed E-state index contributed by atoms with van der Waals surface area (Å²) in [5, 5.41) is 10.1. The van der Waals surface area contributed by atoms with E-state index in [4.69, 9.17) is 42.9 Å². The molecule has 0 spiro atoms. The zero-order chi connectivity index (χ0) is 43.2. The van der Waals surface area contributed by atoms with Crippen molar-refractivity contribution in [2.45, 2.75) is 13.8 Å². The van der Waals surface area contributed by atoms with E-state index >= 15 is 8.63 Å². The van der Waals surface area contributed by atoms with E-state index in [1.807, 2.05) is 80.6 Å². The highest BCUT2D eigenvalue weighted by molar-refractivity contribution is 6.42. The predicted molar refractivity (Wildman–Crippen MR) is 237 cm³/mol. The molecule has 0 bridgehead atoms. The lowest BCUT2D eigenvalue weighted by molar-refractivity contribution is 0.0180. The summed E-state index contributed by atoms with van der Waals surface area (Å²) in [6.07, 6.45) is 9.24.